The number of aromatic nitrogens is 2. The van der Waals surface area contributed by atoms with Crippen LogP contribution in [0.2, 0.25) is 0 Å². The third-order valence-electron chi connectivity index (χ3n) is 3.84. The van der Waals surface area contributed by atoms with E-state index in [1.165, 1.54) is 5.56 Å². The summed E-state index contributed by atoms with van der Waals surface area (Å²) in [4.78, 5) is 21.5. The van der Waals surface area contributed by atoms with Crippen LogP contribution in [0.4, 0.5) is 0 Å². The van der Waals surface area contributed by atoms with Gasteiger partial charge in [-0.15, -0.1) is 6.58 Å². The molecule has 0 saturated carbocycles. The number of carbonyl (C=O) groups excluding carboxylic acids is 1. The molecule has 2 aromatic heterocycles. The van der Waals surface area contributed by atoms with Crippen molar-refractivity contribution in [3.8, 4) is 0 Å². The third-order valence-corrected chi connectivity index (χ3v) is 3.84. The summed E-state index contributed by atoms with van der Waals surface area (Å²) in [6.07, 6.45) is 8.03. The summed E-state index contributed by atoms with van der Waals surface area (Å²) in [5, 5.41) is 0. The van der Waals surface area contributed by atoms with E-state index in [-0.39, 0.29) is 5.91 Å². The highest BCUT2D eigenvalue weighted by molar-refractivity contribution is 5.92. The number of rotatable bonds is 5. The lowest BCUT2D eigenvalue weighted by atomic mass is 9.97. The number of ether oxygens (including phenoxy) is 1. The first-order valence-corrected chi connectivity index (χ1v) is 7.35. The minimum atomic E-state index is 0.0314. The first kappa shape index (κ1) is 14.5. The second-order valence-corrected chi connectivity index (χ2v) is 5.30. The molecule has 1 aliphatic rings. The van der Waals surface area contributed by atoms with Gasteiger partial charge in [0.05, 0.1) is 13.2 Å². The molecule has 2 aromatic rings. The standard InChI is InChI=1S/C17H19N3O2/c1-2-8-22-12-14-10-18-9-13-11-20(7-5-15(13)14)17(21)16-4-3-6-19-16/h2-4,6,9-10,19H,1,5,7-8,11-12H2. The maximum absolute atomic E-state index is 12.4. The SMILES string of the molecule is C=CCOCc1cncc2c1CCN(C(=O)c1ccc[nH]1)C2. The number of hydrogen-bond acceptors (Lipinski definition) is 3. The lowest BCUT2D eigenvalue weighted by Crippen LogP contribution is -2.36. The van der Waals surface area contributed by atoms with Gasteiger partial charge in [0, 0.05) is 31.7 Å². The van der Waals surface area contributed by atoms with Crippen molar-refractivity contribution in [3.05, 3.63) is 65.8 Å². The van der Waals surface area contributed by atoms with Gasteiger partial charge in [0.25, 0.3) is 5.91 Å². The average molecular weight is 297 g/mol. The number of hydrogen-bond donors (Lipinski definition) is 1. The van der Waals surface area contributed by atoms with Crippen LogP contribution in [0.5, 0.6) is 0 Å². The summed E-state index contributed by atoms with van der Waals surface area (Å²) in [5.74, 6) is 0.0314. The summed E-state index contributed by atoms with van der Waals surface area (Å²) in [6.45, 7) is 6.01. The number of H-pyrrole nitrogens is 1. The quantitative estimate of drug-likeness (QED) is 0.680. The molecule has 0 saturated heterocycles. The van der Waals surface area contributed by atoms with Gasteiger partial charge in [-0.2, -0.15) is 0 Å². The number of carbonyl (C=O) groups is 1. The highest BCUT2D eigenvalue weighted by atomic mass is 16.5. The Bertz CT molecular complexity index is 665. The molecule has 0 atom stereocenters. The molecule has 3 rings (SSSR count). The van der Waals surface area contributed by atoms with Crippen LogP contribution in [0.3, 0.4) is 0 Å². The van der Waals surface area contributed by atoms with E-state index in [1.807, 2.05) is 23.4 Å². The molecule has 1 N–H and O–H groups in total. The van der Waals surface area contributed by atoms with Gasteiger partial charge in [0.1, 0.15) is 5.69 Å². The van der Waals surface area contributed by atoms with Crippen molar-refractivity contribution in [2.75, 3.05) is 13.2 Å². The highest BCUT2D eigenvalue weighted by Crippen LogP contribution is 2.23. The van der Waals surface area contributed by atoms with Gasteiger partial charge in [-0.1, -0.05) is 6.08 Å². The zero-order valence-corrected chi connectivity index (χ0v) is 12.4. The maximum atomic E-state index is 12.4. The molecule has 0 spiro atoms. The number of fused-ring (bicyclic) bond motifs is 1. The number of pyridine rings is 1. The van der Waals surface area contributed by atoms with Gasteiger partial charge < -0.3 is 14.6 Å². The molecule has 0 fully saturated rings. The molecule has 1 aliphatic heterocycles. The maximum Gasteiger partial charge on any atom is 0.270 e. The molecule has 114 valence electrons. The Kier molecular flexibility index (Phi) is 4.34. The Morgan fingerprint density at radius 3 is 3.18 bits per heavy atom. The van der Waals surface area contributed by atoms with Crippen LogP contribution in [0.25, 0.3) is 0 Å². The van der Waals surface area contributed by atoms with Crippen molar-refractivity contribution >= 4 is 5.91 Å². The zero-order chi connectivity index (χ0) is 15.4. The fourth-order valence-electron chi connectivity index (χ4n) is 2.75. The summed E-state index contributed by atoms with van der Waals surface area (Å²) in [5.41, 5.74) is 4.09. The number of nitrogens with zero attached hydrogens (tertiary/aromatic N) is 2. The second-order valence-electron chi connectivity index (χ2n) is 5.30. The van der Waals surface area contributed by atoms with Gasteiger partial charge >= 0.3 is 0 Å². The van der Waals surface area contributed by atoms with E-state index < -0.39 is 0 Å². The summed E-state index contributed by atoms with van der Waals surface area (Å²) in [6, 6.07) is 3.64. The fourth-order valence-corrected chi connectivity index (χ4v) is 2.75. The Labute approximate surface area is 129 Å². The number of aromatic amines is 1. The molecule has 0 radical (unpaired) electrons. The molecule has 3 heterocycles. The van der Waals surface area contributed by atoms with Crippen LogP contribution in [0.15, 0.2) is 43.4 Å². The molecule has 1 amide bonds. The molecule has 0 aliphatic carbocycles. The minimum absolute atomic E-state index is 0.0314. The molecule has 5 heteroatoms. The topological polar surface area (TPSA) is 58.2 Å². The van der Waals surface area contributed by atoms with Crippen molar-refractivity contribution in [1.82, 2.24) is 14.9 Å². The number of amides is 1. The first-order valence-electron chi connectivity index (χ1n) is 7.35. The molecule has 0 unspecified atom stereocenters. The van der Waals surface area contributed by atoms with E-state index in [9.17, 15) is 4.79 Å². The highest BCUT2D eigenvalue weighted by Gasteiger charge is 2.24. The Morgan fingerprint density at radius 1 is 1.50 bits per heavy atom. The van der Waals surface area contributed by atoms with Crippen LogP contribution in [0.1, 0.15) is 27.2 Å². The summed E-state index contributed by atoms with van der Waals surface area (Å²) < 4.78 is 5.52. The van der Waals surface area contributed by atoms with Crippen molar-refractivity contribution in [3.63, 3.8) is 0 Å². The number of nitrogens with one attached hydrogen (secondary N) is 1. The van der Waals surface area contributed by atoms with Crippen molar-refractivity contribution < 1.29 is 9.53 Å². The van der Waals surface area contributed by atoms with Crippen LogP contribution in [-0.2, 0) is 24.3 Å². The Balaban J connectivity index is 1.75. The van der Waals surface area contributed by atoms with Crippen LogP contribution < -0.4 is 0 Å². The normalized spacial score (nSPS) is 13.7. The van der Waals surface area contributed by atoms with Crippen LogP contribution in [0, 0.1) is 0 Å². The smallest absolute Gasteiger partial charge is 0.270 e. The molecule has 22 heavy (non-hydrogen) atoms. The van der Waals surface area contributed by atoms with Crippen molar-refractivity contribution in [2.24, 2.45) is 0 Å². The minimum Gasteiger partial charge on any atom is -0.373 e. The molecule has 0 aromatic carbocycles. The lowest BCUT2D eigenvalue weighted by molar-refractivity contribution is 0.0728. The van der Waals surface area contributed by atoms with E-state index in [1.54, 1.807) is 18.3 Å². The van der Waals surface area contributed by atoms with Crippen molar-refractivity contribution in [1.29, 1.82) is 0 Å². The summed E-state index contributed by atoms with van der Waals surface area (Å²) in [7, 11) is 0. The van der Waals surface area contributed by atoms with Gasteiger partial charge in [-0.25, -0.2) is 0 Å². The molecule has 0 bridgehead atoms. The second kappa shape index (κ2) is 6.58. The fraction of sp³-hybridized carbons (Fsp3) is 0.294. The van der Waals surface area contributed by atoms with Gasteiger partial charge in [-0.3, -0.25) is 9.78 Å². The van der Waals surface area contributed by atoms with E-state index in [2.05, 4.69) is 16.5 Å². The van der Waals surface area contributed by atoms with Gasteiger partial charge in [0.2, 0.25) is 0 Å². The van der Waals surface area contributed by atoms with Crippen LogP contribution in [-0.4, -0.2) is 33.9 Å². The van der Waals surface area contributed by atoms with E-state index in [4.69, 9.17) is 4.74 Å². The van der Waals surface area contributed by atoms with Gasteiger partial charge in [0.15, 0.2) is 0 Å². The molecule has 5 nitrogen and oxygen atoms in total. The van der Waals surface area contributed by atoms with E-state index >= 15 is 0 Å². The third kappa shape index (κ3) is 2.94. The average Bonchev–Trinajstić information content (AvgIpc) is 3.08. The van der Waals surface area contributed by atoms with E-state index in [0.717, 1.165) is 17.5 Å². The molecular formula is C17H19N3O2. The predicted octanol–water partition coefficient (Wildman–Crippen LogP) is 2.31. The monoisotopic (exact) mass is 297 g/mol. The van der Waals surface area contributed by atoms with E-state index in [0.29, 0.717) is 32.0 Å². The predicted molar refractivity (Wildman–Crippen MR) is 83.3 cm³/mol. The van der Waals surface area contributed by atoms with Crippen molar-refractivity contribution in [2.45, 2.75) is 19.6 Å². The summed E-state index contributed by atoms with van der Waals surface area (Å²) >= 11 is 0. The zero-order valence-electron chi connectivity index (χ0n) is 12.4. The molecular weight excluding hydrogens is 278 g/mol. The lowest BCUT2D eigenvalue weighted by Gasteiger charge is -2.29. The van der Waals surface area contributed by atoms with Gasteiger partial charge in [-0.05, 0) is 35.2 Å². The first-order chi connectivity index (χ1) is 10.8. The Hall–Kier alpha value is -2.40. The van der Waals surface area contributed by atoms with Crippen LogP contribution >= 0.6 is 0 Å². The largest absolute Gasteiger partial charge is 0.373 e. The Morgan fingerprint density at radius 2 is 2.41 bits per heavy atom.